The third-order valence-corrected chi connectivity index (χ3v) is 2.63. The number of aromatic amines is 2. The van der Waals surface area contributed by atoms with Gasteiger partial charge in [-0.15, -0.1) is 0 Å². The van der Waals surface area contributed by atoms with Crippen molar-refractivity contribution in [1.82, 2.24) is 9.97 Å². The van der Waals surface area contributed by atoms with Crippen LogP contribution in [-0.2, 0) is 12.4 Å². The Bertz CT molecular complexity index is 746. The number of nitrogens with one attached hydrogen (secondary N) is 2. The highest BCUT2D eigenvalue weighted by Gasteiger charge is 2.33. The Kier molecular flexibility index (Phi) is 3.63. The summed E-state index contributed by atoms with van der Waals surface area (Å²) in [4.78, 5) is 26.4. The van der Waals surface area contributed by atoms with E-state index in [4.69, 9.17) is 0 Å². The lowest BCUT2D eigenvalue weighted by molar-refractivity contribution is -0.138. The van der Waals surface area contributed by atoms with Gasteiger partial charge in [0.25, 0.3) is 0 Å². The van der Waals surface area contributed by atoms with Crippen molar-refractivity contribution in [2.75, 3.05) is 0 Å². The van der Waals surface area contributed by atoms with Crippen LogP contribution in [0.5, 0.6) is 0 Å². The first kappa shape index (κ1) is 15.9. The van der Waals surface area contributed by atoms with Crippen molar-refractivity contribution in [3.05, 3.63) is 56.1 Å². The first-order valence-corrected chi connectivity index (χ1v) is 5.60. The second-order valence-electron chi connectivity index (χ2n) is 4.29. The summed E-state index contributed by atoms with van der Waals surface area (Å²) in [5, 5.41) is 0. The van der Waals surface area contributed by atoms with Crippen LogP contribution in [0.4, 0.5) is 26.3 Å². The van der Waals surface area contributed by atoms with Crippen molar-refractivity contribution in [1.29, 1.82) is 0 Å². The summed E-state index contributed by atoms with van der Waals surface area (Å²) in [6.45, 7) is 0. The fourth-order valence-electron chi connectivity index (χ4n) is 1.70. The molecule has 0 aliphatic rings. The molecule has 0 amide bonds. The Balaban J connectivity index is 2.67. The van der Waals surface area contributed by atoms with Crippen LogP contribution in [0.25, 0.3) is 11.4 Å². The molecule has 2 rings (SSSR count). The molecule has 2 N–H and O–H groups in total. The molecule has 2 aromatic heterocycles. The van der Waals surface area contributed by atoms with Crippen LogP contribution >= 0.6 is 0 Å². The second kappa shape index (κ2) is 5.04. The van der Waals surface area contributed by atoms with Crippen LogP contribution in [0.3, 0.4) is 0 Å². The van der Waals surface area contributed by atoms with Crippen molar-refractivity contribution >= 4 is 0 Å². The minimum atomic E-state index is -4.86. The maximum atomic E-state index is 12.6. The Morgan fingerprint density at radius 1 is 0.636 bits per heavy atom. The summed E-state index contributed by atoms with van der Waals surface area (Å²) in [5.74, 6) is 0. The van der Waals surface area contributed by atoms with Gasteiger partial charge in [-0.2, -0.15) is 26.3 Å². The summed E-state index contributed by atoms with van der Waals surface area (Å²) >= 11 is 0. The van der Waals surface area contributed by atoms with E-state index in [-0.39, 0.29) is 12.1 Å². The molecule has 0 saturated carbocycles. The van der Waals surface area contributed by atoms with E-state index in [1.165, 1.54) is 0 Å². The number of pyridine rings is 2. The van der Waals surface area contributed by atoms with Crippen LogP contribution in [0, 0.1) is 0 Å². The number of H-pyrrole nitrogens is 2. The van der Waals surface area contributed by atoms with E-state index in [9.17, 15) is 35.9 Å². The number of aromatic nitrogens is 2. The maximum Gasteiger partial charge on any atom is 0.416 e. The standard InChI is InChI=1S/C12H6F6N2O2/c13-11(14,15)5-1-7(19-9(21)3-5)8-2-6(12(16,17)18)4-10(22)20-8/h1-4H,(H,19,21)(H,20,22). The highest BCUT2D eigenvalue weighted by Crippen LogP contribution is 2.32. The minimum Gasteiger partial charge on any atom is -0.321 e. The molecular formula is C12H6F6N2O2. The average molecular weight is 324 g/mol. The van der Waals surface area contributed by atoms with Crippen LogP contribution in [0.15, 0.2) is 33.9 Å². The van der Waals surface area contributed by atoms with Crippen LogP contribution in [-0.4, -0.2) is 9.97 Å². The molecule has 22 heavy (non-hydrogen) atoms. The van der Waals surface area contributed by atoms with E-state index >= 15 is 0 Å². The monoisotopic (exact) mass is 324 g/mol. The van der Waals surface area contributed by atoms with E-state index in [1.807, 2.05) is 9.97 Å². The molecule has 0 fully saturated rings. The molecule has 0 spiro atoms. The first-order valence-electron chi connectivity index (χ1n) is 5.60. The molecule has 0 atom stereocenters. The largest absolute Gasteiger partial charge is 0.416 e. The van der Waals surface area contributed by atoms with Crippen molar-refractivity contribution in [2.45, 2.75) is 12.4 Å². The molecule has 2 heterocycles. The Morgan fingerprint density at radius 2 is 0.955 bits per heavy atom. The van der Waals surface area contributed by atoms with E-state index in [1.54, 1.807) is 0 Å². The van der Waals surface area contributed by atoms with Gasteiger partial charge in [-0.1, -0.05) is 0 Å². The smallest absolute Gasteiger partial charge is 0.321 e. The normalized spacial score (nSPS) is 12.5. The first-order chi connectivity index (χ1) is 9.96. The number of hydrogen-bond donors (Lipinski definition) is 2. The molecule has 0 unspecified atom stereocenters. The van der Waals surface area contributed by atoms with Gasteiger partial charge in [0.1, 0.15) is 0 Å². The van der Waals surface area contributed by atoms with Gasteiger partial charge >= 0.3 is 12.4 Å². The van der Waals surface area contributed by atoms with E-state index in [2.05, 4.69) is 0 Å². The van der Waals surface area contributed by atoms with E-state index in [0.717, 1.165) is 0 Å². The van der Waals surface area contributed by atoms with Gasteiger partial charge in [-0.3, -0.25) is 9.59 Å². The summed E-state index contributed by atoms with van der Waals surface area (Å²) in [7, 11) is 0. The number of halogens is 6. The summed E-state index contributed by atoms with van der Waals surface area (Å²) in [6, 6.07) is 1.39. The molecule has 2 aromatic rings. The molecule has 0 radical (unpaired) electrons. The van der Waals surface area contributed by atoms with Gasteiger partial charge in [0, 0.05) is 12.1 Å². The molecule has 10 heteroatoms. The summed E-state index contributed by atoms with van der Waals surface area (Å²) < 4.78 is 75.6. The Hall–Kier alpha value is -2.52. The third-order valence-electron chi connectivity index (χ3n) is 2.63. The van der Waals surface area contributed by atoms with Crippen molar-refractivity contribution in [2.24, 2.45) is 0 Å². The van der Waals surface area contributed by atoms with E-state index in [0.29, 0.717) is 12.1 Å². The van der Waals surface area contributed by atoms with Gasteiger partial charge in [-0.25, -0.2) is 0 Å². The Morgan fingerprint density at radius 3 is 1.23 bits per heavy atom. The van der Waals surface area contributed by atoms with Crippen molar-refractivity contribution < 1.29 is 26.3 Å². The Labute approximate surface area is 117 Å². The highest BCUT2D eigenvalue weighted by molar-refractivity contribution is 5.56. The highest BCUT2D eigenvalue weighted by atomic mass is 19.4. The molecular weight excluding hydrogens is 318 g/mol. The predicted molar refractivity (Wildman–Crippen MR) is 63.1 cm³/mol. The zero-order valence-corrected chi connectivity index (χ0v) is 10.4. The zero-order valence-electron chi connectivity index (χ0n) is 10.4. The molecule has 0 bridgehead atoms. The SMILES string of the molecule is O=c1cc(C(F)(F)F)cc(-c2cc(C(F)(F)F)cc(=O)[nH]2)[nH]1. The summed E-state index contributed by atoms with van der Waals surface area (Å²) in [6.07, 6.45) is -9.71. The number of rotatable bonds is 1. The topological polar surface area (TPSA) is 65.7 Å². The predicted octanol–water partition coefficient (Wildman–Crippen LogP) is 2.77. The molecule has 118 valence electrons. The molecule has 0 saturated heterocycles. The zero-order chi connectivity index (χ0) is 16.7. The minimum absolute atomic E-state index is 0.259. The number of alkyl halides is 6. The lowest BCUT2D eigenvalue weighted by Gasteiger charge is -2.10. The second-order valence-corrected chi connectivity index (χ2v) is 4.29. The molecule has 4 nitrogen and oxygen atoms in total. The lowest BCUT2D eigenvalue weighted by Crippen LogP contribution is -2.17. The van der Waals surface area contributed by atoms with E-state index < -0.39 is 46.0 Å². The van der Waals surface area contributed by atoms with Crippen LogP contribution < -0.4 is 11.1 Å². The fraction of sp³-hybridized carbons (Fsp3) is 0.167. The van der Waals surface area contributed by atoms with Gasteiger partial charge in [0.15, 0.2) is 0 Å². The van der Waals surface area contributed by atoms with Crippen LogP contribution in [0.1, 0.15) is 11.1 Å². The van der Waals surface area contributed by atoms with Crippen molar-refractivity contribution in [3.63, 3.8) is 0 Å². The third kappa shape index (κ3) is 3.38. The molecule has 0 aliphatic carbocycles. The lowest BCUT2D eigenvalue weighted by atomic mass is 10.1. The van der Waals surface area contributed by atoms with Gasteiger partial charge < -0.3 is 9.97 Å². The van der Waals surface area contributed by atoms with Crippen LogP contribution in [0.2, 0.25) is 0 Å². The van der Waals surface area contributed by atoms with Gasteiger partial charge in [-0.05, 0) is 12.1 Å². The quantitative estimate of drug-likeness (QED) is 0.792. The molecule has 0 aliphatic heterocycles. The average Bonchev–Trinajstić information content (AvgIpc) is 2.35. The van der Waals surface area contributed by atoms with Gasteiger partial charge in [0.05, 0.1) is 22.5 Å². The van der Waals surface area contributed by atoms with Crippen molar-refractivity contribution in [3.8, 4) is 11.4 Å². The summed E-state index contributed by atoms with van der Waals surface area (Å²) in [5.41, 5.74) is -6.17. The fourth-order valence-corrected chi connectivity index (χ4v) is 1.70. The van der Waals surface area contributed by atoms with Gasteiger partial charge in [0.2, 0.25) is 11.1 Å². The molecule has 0 aromatic carbocycles. The maximum absolute atomic E-state index is 12.6. The number of hydrogen-bond acceptors (Lipinski definition) is 2.